The molecule has 0 fully saturated rings. The number of carbonyl (C=O) groups excluding carboxylic acids is 2. The van der Waals surface area contributed by atoms with Crippen molar-refractivity contribution in [3.05, 3.63) is 52.9 Å². The normalized spacial score (nSPS) is 11.5. The molecule has 8 nitrogen and oxygen atoms in total. The van der Waals surface area contributed by atoms with Gasteiger partial charge in [0.1, 0.15) is 15.5 Å². The first-order valence-electron chi connectivity index (χ1n) is 9.86. The largest absolute Gasteiger partial charge is 0.495 e. The number of esters is 1. The predicted molar refractivity (Wildman–Crippen MR) is 124 cm³/mol. The van der Waals surface area contributed by atoms with E-state index in [4.69, 9.17) is 9.47 Å². The molecule has 1 amide bonds. The molecule has 0 unspecified atom stereocenters. The summed E-state index contributed by atoms with van der Waals surface area (Å²) in [5, 5.41) is 3.56. The van der Waals surface area contributed by atoms with Gasteiger partial charge in [-0.15, -0.1) is 11.3 Å². The van der Waals surface area contributed by atoms with Crippen molar-refractivity contribution >= 4 is 49.0 Å². The van der Waals surface area contributed by atoms with Crippen LogP contribution in [0, 0.1) is 0 Å². The molecule has 32 heavy (non-hydrogen) atoms. The number of ether oxygens (including phenoxy) is 2. The van der Waals surface area contributed by atoms with Crippen molar-refractivity contribution in [2.24, 2.45) is 0 Å². The van der Waals surface area contributed by atoms with Gasteiger partial charge in [-0.1, -0.05) is 13.8 Å². The van der Waals surface area contributed by atoms with Crippen LogP contribution in [0.2, 0.25) is 0 Å². The van der Waals surface area contributed by atoms with E-state index in [1.54, 1.807) is 38.1 Å². The van der Waals surface area contributed by atoms with Gasteiger partial charge in [0, 0.05) is 29.0 Å². The molecule has 0 bridgehead atoms. The van der Waals surface area contributed by atoms with Crippen molar-refractivity contribution in [2.45, 2.75) is 18.7 Å². The lowest BCUT2D eigenvalue weighted by molar-refractivity contribution is 0.0606. The molecule has 0 aliphatic heterocycles. The van der Waals surface area contributed by atoms with E-state index in [9.17, 15) is 18.0 Å². The van der Waals surface area contributed by atoms with Crippen LogP contribution < -0.4 is 10.1 Å². The maximum absolute atomic E-state index is 13.0. The summed E-state index contributed by atoms with van der Waals surface area (Å²) in [5.74, 6) is -0.716. The van der Waals surface area contributed by atoms with Crippen LogP contribution in [0.5, 0.6) is 5.75 Å². The van der Waals surface area contributed by atoms with Gasteiger partial charge in [-0.25, -0.2) is 13.2 Å². The van der Waals surface area contributed by atoms with E-state index < -0.39 is 21.9 Å². The van der Waals surface area contributed by atoms with E-state index in [2.05, 4.69) is 5.32 Å². The monoisotopic (exact) mass is 476 g/mol. The number of anilines is 1. The Bertz CT molecular complexity index is 1260. The second-order valence-electron chi connectivity index (χ2n) is 6.76. The molecular weight excluding hydrogens is 452 g/mol. The number of hydrogen-bond donors (Lipinski definition) is 1. The molecule has 0 spiro atoms. The van der Waals surface area contributed by atoms with Crippen molar-refractivity contribution in [3.63, 3.8) is 0 Å². The second kappa shape index (κ2) is 9.68. The fraction of sp³-hybridized carbons (Fsp3) is 0.273. The highest BCUT2D eigenvalue weighted by atomic mass is 32.2. The topological polar surface area (TPSA) is 102 Å². The number of amides is 1. The lowest BCUT2D eigenvalue weighted by Gasteiger charge is -2.20. The third-order valence-electron chi connectivity index (χ3n) is 4.91. The van der Waals surface area contributed by atoms with E-state index in [0.29, 0.717) is 23.7 Å². The van der Waals surface area contributed by atoms with Crippen LogP contribution in [0.15, 0.2) is 47.4 Å². The zero-order valence-electron chi connectivity index (χ0n) is 18.2. The number of rotatable bonds is 8. The summed E-state index contributed by atoms with van der Waals surface area (Å²) in [5.41, 5.74) is 0.692. The zero-order chi connectivity index (χ0) is 23.5. The van der Waals surface area contributed by atoms with Crippen LogP contribution in [-0.4, -0.2) is 51.9 Å². The summed E-state index contributed by atoms with van der Waals surface area (Å²) < 4.78 is 38.2. The van der Waals surface area contributed by atoms with Gasteiger partial charge >= 0.3 is 5.97 Å². The Labute approximate surface area is 190 Å². The first kappa shape index (κ1) is 23.7. The highest BCUT2D eigenvalue weighted by Crippen LogP contribution is 2.30. The molecule has 0 radical (unpaired) electrons. The lowest BCUT2D eigenvalue weighted by atomic mass is 10.2. The second-order valence-corrected chi connectivity index (χ2v) is 9.75. The highest BCUT2D eigenvalue weighted by Gasteiger charge is 2.27. The van der Waals surface area contributed by atoms with Crippen LogP contribution >= 0.6 is 11.3 Å². The smallest absolute Gasteiger partial charge is 0.348 e. The summed E-state index contributed by atoms with van der Waals surface area (Å²) in [4.78, 5) is 25.0. The first-order chi connectivity index (χ1) is 15.2. The first-order valence-corrected chi connectivity index (χ1v) is 12.1. The summed E-state index contributed by atoms with van der Waals surface area (Å²) in [7, 11) is -1.12. The third kappa shape index (κ3) is 4.62. The molecule has 3 aromatic rings. The number of thiophene rings is 1. The number of nitrogens with one attached hydrogen (secondary N) is 1. The fourth-order valence-corrected chi connectivity index (χ4v) is 5.85. The molecule has 2 aromatic carbocycles. The fourth-order valence-electron chi connectivity index (χ4n) is 3.25. The van der Waals surface area contributed by atoms with Crippen molar-refractivity contribution < 1.29 is 27.5 Å². The Morgan fingerprint density at radius 2 is 1.75 bits per heavy atom. The van der Waals surface area contributed by atoms with E-state index >= 15 is 0 Å². The molecule has 0 saturated heterocycles. The van der Waals surface area contributed by atoms with E-state index in [0.717, 1.165) is 10.1 Å². The molecule has 0 atom stereocenters. The van der Waals surface area contributed by atoms with Crippen LogP contribution in [0.4, 0.5) is 5.69 Å². The van der Waals surface area contributed by atoms with Gasteiger partial charge in [0.25, 0.3) is 5.91 Å². The van der Waals surface area contributed by atoms with Crippen molar-refractivity contribution in [2.75, 3.05) is 32.6 Å². The molecule has 0 aliphatic carbocycles. The molecule has 1 aromatic heterocycles. The number of hydrogen-bond acceptors (Lipinski definition) is 7. The van der Waals surface area contributed by atoms with Crippen molar-refractivity contribution in [3.8, 4) is 5.75 Å². The standard InChI is InChI=1S/C22H24N2O6S2/c1-5-24(6-2)32(27,28)20-13-14(7-9-17(20)29-3)21(25)23-16-8-10-18-15(11-16)12-19(31-18)22(26)30-4/h7-13H,5-6H2,1-4H3,(H,23,25). The highest BCUT2D eigenvalue weighted by molar-refractivity contribution is 7.89. The molecular formula is C22H24N2O6S2. The summed E-state index contributed by atoms with van der Waals surface area (Å²) in [6.45, 7) is 4.09. The van der Waals surface area contributed by atoms with Gasteiger partial charge in [0.2, 0.25) is 10.0 Å². The van der Waals surface area contributed by atoms with Crippen molar-refractivity contribution in [1.82, 2.24) is 4.31 Å². The molecule has 0 aliphatic rings. The van der Waals surface area contributed by atoms with Crippen molar-refractivity contribution in [1.29, 1.82) is 0 Å². The van der Waals surface area contributed by atoms with E-state index in [-0.39, 0.29) is 16.2 Å². The predicted octanol–water partition coefficient (Wildman–Crippen LogP) is 3.98. The number of carbonyl (C=O) groups is 2. The Balaban J connectivity index is 1.92. The molecule has 170 valence electrons. The maximum atomic E-state index is 13.0. The number of sulfonamides is 1. The zero-order valence-corrected chi connectivity index (χ0v) is 19.8. The number of benzene rings is 2. The number of methoxy groups -OCH3 is 2. The summed E-state index contributed by atoms with van der Waals surface area (Å²) in [6.07, 6.45) is 0. The quantitative estimate of drug-likeness (QED) is 0.494. The molecule has 0 saturated carbocycles. The molecule has 3 rings (SSSR count). The van der Waals surface area contributed by atoms with Crippen LogP contribution in [0.1, 0.15) is 33.9 Å². The minimum atomic E-state index is -3.82. The lowest BCUT2D eigenvalue weighted by Crippen LogP contribution is -2.31. The van der Waals surface area contributed by atoms with Gasteiger partial charge in [-0.2, -0.15) is 4.31 Å². The minimum absolute atomic E-state index is 0.0626. The summed E-state index contributed by atoms with van der Waals surface area (Å²) in [6, 6.07) is 11.3. The molecule has 10 heteroatoms. The van der Waals surface area contributed by atoms with Crippen LogP contribution in [0.25, 0.3) is 10.1 Å². The number of fused-ring (bicyclic) bond motifs is 1. The van der Waals surface area contributed by atoms with Gasteiger partial charge in [-0.05, 0) is 47.9 Å². The average Bonchev–Trinajstić information content (AvgIpc) is 3.22. The maximum Gasteiger partial charge on any atom is 0.348 e. The Hall–Kier alpha value is -2.95. The third-order valence-corrected chi connectivity index (χ3v) is 8.08. The Kier molecular flexibility index (Phi) is 7.17. The SMILES string of the molecule is CCN(CC)S(=O)(=O)c1cc(C(=O)Nc2ccc3sc(C(=O)OC)cc3c2)ccc1OC. The van der Waals surface area contributed by atoms with Gasteiger partial charge < -0.3 is 14.8 Å². The van der Waals surface area contributed by atoms with Gasteiger partial charge in [-0.3, -0.25) is 4.79 Å². The average molecular weight is 477 g/mol. The van der Waals surface area contributed by atoms with Gasteiger partial charge in [0.05, 0.1) is 14.2 Å². The Morgan fingerprint density at radius 3 is 2.38 bits per heavy atom. The van der Waals surface area contributed by atoms with E-state index in [1.807, 2.05) is 0 Å². The summed E-state index contributed by atoms with van der Waals surface area (Å²) >= 11 is 1.30. The van der Waals surface area contributed by atoms with E-state index in [1.165, 1.54) is 48.1 Å². The van der Waals surface area contributed by atoms with Gasteiger partial charge in [0.15, 0.2) is 0 Å². The molecule has 1 N–H and O–H groups in total. The van der Waals surface area contributed by atoms with Crippen LogP contribution in [-0.2, 0) is 14.8 Å². The number of nitrogens with zero attached hydrogens (tertiary/aromatic N) is 1. The van der Waals surface area contributed by atoms with Crippen LogP contribution in [0.3, 0.4) is 0 Å². The Morgan fingerprint density at radius 1 is 1.03 bits per heavy atom. The minimum Gasteiger partial charge on any atom is -0.495 e. The molecule has 1 heterocycles.